The quantitative estimate of drug-likeness (QED) is 0.528. The third-order valence-corrected chi connectivity index (χ3v) is 5.01. The number of rotatable bonds is 8. The molecule has 142 valence electrons. The van der Waals surface area contributed by atoms with E-state index in [0.29, 0.717) is 40.9 Å². The monoisotopic (exact) mass is 405 g/mol. The predicted molar refractivity (Wildman–Crippen MR) is 112 cm³/mol. The zero-order valence-corrected chi connectivity index (χ0v) is 16.4. The Kier molecular flexibility index (Phi) is 6.74. The van der Waals surface area contributed by atoms with Crippen LogP contribution in [0.1, 0.15) is 5.56 Å². The van der Waals surface area contributed by atoms with E-state index in [1.165, 1.54) is 0 Å². The summed E-state index contributed by atoms with van der Waals surface area (Å²) in [7, 11) is 1.66. The third-order valence-electron chi connectivity index (χ3n) is 4.28. The van der Waals surface area contributed by atoms with Crippen LogP contribution in [-0.4, -0.2) is 31.3 Å². The summed E-state index contributed by atoms with van der Waals surface area (Å²) in [4.78, 5) is 15.4. The van der Waals surface area contributed by atoms with Gasteiger partial charge in [0.05, 0.1) is 21.7 Å². The molecule has 3 rings (SSSR count). The van der Waals surface area contributed by atoms with Gasteiger partial charge in [-0.1, -0.05) is 41.4 Å². The maximum Gasteiger partial charge on any atom is 0.191 e. The summed E-state index contributed by atoms with van der Waals surface area (Å²) in [5.41, 5.74) is 1.84. The summed E-state index contributed by atoms with van der Waals surface area (Å²) in [5.74, 6) is 0.672. The summed E-state index contributed by atoms with van der Waals surface area (Å²) in [6.07, 6.45) is -0.0669. The Morgan fingerprint density at radius 2 is 1.89 bits per heavy atom. The number of halogens is 2. The Labute approximate surface area is 167 Å². The van der Waals surface area contributed by atoms with Crippen LogP contribution in [0.5, 0.6) is 0 Å². The van der Waals surface area contributed by atoms with Crippen LogP contribution in [0.4, 0.5) is 5.82 Å². The predicted octanol–water partition coefficient (Wildman–Crippen LogP) is 4.05. The number of H-pyrrole nitrogens is 1. The lowest BCUT2D eigenvalue weighted by Crippen LogP contribution is -2.33. The number of hydrogen-bond donors (Lipinski definition) is 3. The Balaban J connectivity index is 1.54. The summed E-state index contributed by atoms with van der Waals surface area (Å²) in [6, 6.07) is 14.6. The number of pyridine rings is 1. The smallest absolute Gasteiger partial charge is 0.191 e. The average molecular weight is 406 g/mol. The molecule has 0 saturated carbocycles. The fourth-order valence-corrected chi connectivity index (χ4v) is 3.10. The molecule has 1 unspecified atom stereocenters. The second-order valence-corrected chi connectivity index (χ2v) is 7.03. The van der Waals surface area contributed by atoms with Crippen molar-refractivity contribution >= 4 is 39.9 Å². The molecule has 7 heteroatoms. The minimum atomic E-state index is -0.0669. The molecule has 0 bridgehead atoms. The summed E-state index contributed by atoms with van der Waals surface area (Å²) < 4.78 is 5.51. The molecule has 0 aliphatic heterocycles. The van der Waals surface area contributed by atoms with E-state index in [-0.39, 0.29) is 11.5 Å². The number of ether oxygens (including phenoxy) is 1. The van der Waals surface area contributed by atoms with Crippen molar-refractivity contribution in [3.8, 4) is 0 Å². The van der Waals surface area contributed by atoms with E-state index in [9.17, 15) is 4.79 Å². The highest BCUT2D eigenvalue weighted by Gasteiger charge is 2.09. The van der Waals surface area contributed by atoms with Crippen molar-refractivity contribution in [2.75, 3.05) is 25.5 Å². The molecular weight excluding hydrogens is 385 g/mol. The molecule has 1 heterocycles. The summed E-state index contributed by atoms with van der Waals surface area (Å²) in [6.45, 7) is 1.85. The lowest BCUT2D eigenvalue weighted by atomic mass is 10.2. The maximum atomic E-state index is 12.2. The molecule has 0 aliphatic carbocycles. The number of para-hydroxylation sites is 1. The summed E-state index contributed by atoms with van der Waals surface area (Å²) >= 11 is 12.0. The van der Waals surface area contributed by atoms with Gasteiger partial charge in [0.25, 0.3) is 0 Å². The van der Waals surface area contributed by atoms with Crippen LogP contribution < -0.4 is 16.1 Å². The lowest BCUT2D eigenvalue weighted by Gasteiger charge is -2.18. The van der Waals surface area contributed by atoms with Crippen LogP contribution in [0.15, 0.2) is 53.3 Å². The van der Waals surface area contributed by atoms with Crippen molar-refractivity contribution in [3.05, 3.63) is 74.4 Å². The van der Waals surface area contributed by atoms with E-state index in [1.807, 2.05) is 36.4 Å². The first-order valence-corrected chi connectivity index (χ1v) is 9.36. The van der Waals surface area contributed by atoms with Crippen LogP contribution in [0.25, 0.3) is 10.9 Å². The van der Waals surface area contributed by atoms with Gasteiger partial charge in [0.2, 0.25) is 0 Å². The molecule has 0 aliphatic rings. The Morgan fingerprint density at radius 3 is 2.67 bits per heavy atom. The summed E-state index contributed by atoms with van der Waals surface area (Å²) in [5, 5.41) is 8.34. The van der Waals surface area contributed by atoms with Crippen molar-refractivity contribution in [2.45, 2.75) is 12.6 Å². The van der Waals surface area contributed by atoms with Gasteiger partial charge in [-0.3, -0.25) is 4.79 Å². The standard InChI is InChI=1S/C20H21Cl2N3O2/c1-27-14(11-23-10-13-6-7-16(21)17(22)8-13)12-24-20-9-19(26)15-4-2-3-5-18(15)25-20/h2-9,14,23H,10-12H2,1H3,(H2,24,25,26). The fraction of sp³-hybridized carbons (Fsp3) is 0.250. The van der Waals surface area contributed by atoms with Crippen LogP contribution in [0.2, 0.25) is 10.0 Å². The molecule has 5 nitrogen and oxygen atoms in total. The van der Waals surface area contributed by atoms with Crippen molar-refractivity contribution < 1.29 is 4.74 Å². The minimum absolute atomic E-state index is 0.0152. The number of anilines is 1. The molecule has 0 saturated heterocycles. The molecular formula is C20H21Cl2N3O2. The van der Waals surface area contributed by atoms with Gasteiger partial charge in [-0.05, 0) is 29.8 Å². The van der Waals surface area contributed by atoms with E-state index in [0.717, 1.165) is 11.1 Å². The molecule has 0 radical (unpaired) electrons. The van der Waals surface area contributed by atoms with E-state index in [2.05, 4.69) is 15.6 Å². The largest absolute Gasteiger partial charge is 0.378 e. The van der Waals surface area contributed by atoms with Gasteiger partial charge in [-0.25, -0.2) is 0 Å². The number of benzene rings is 2. The molecule has 0 spiro atoms. The number of methoxy groups -OCH3 is 1. The van der Waals surface area contributed by atoms with Gasteiger partial charge < -0.3 is 20.4 Å². The maximum absolute atomic E-state index is 12.2. The normalized spacial score (nSPS) is 12.3. The van der Waals surface area contributed by atoms with Crippen LogP contribution >= 0.6 is 23.2 Å². The Bertz CT molecular complexity index is 975. The van der Waals surface area contributed by atoms with Gasteiger partial charge in [-0.15, -0.1) is 0 Å². The van der Waals surface area contributed by atoms with E-state index in [1.54, 1.807) is 19.2 Å². The number of aromatic nitrogens is 1. The van der Waals surface area contributed by atoms with Crippen LogP contribution in [0.3, 0.4) is 0 Å². The van der Waals surface area contributed by atoms with Gasteiger partial charge in [0, 0.05) is 38.2 Å². The lowest BCUT2D eigenvalue weighted by molar-refractivity contribution is 0.112. The molecule has 0 amide bonds. The van der Waals surface area contributed by atoms with E-state index < -0.39 is 0 Å². The first-order chi connectivity index (χ1) is 13.1. The minimum Gasteiger partial charge on any atom is -0.378 e. The molecule has 27 heavy (non-hydrogen) atoms. The van der Waals surface area contributed by atoms with Crippen molar-refractivity contribution in [1.29, 1.82) is 0 Å². The zero-order valence-electron chi connectivity index (χ0n) is 14.9. The zero-order chi connectivity index (χ0) is 19.2. The highest BCUT2D eigenvalue weighted by atomic mass is 35.5. The Hall–Kier alpha value is -2.05. The number of nitrogens with one attached hydrogen (secondary N) is 3. The number of fused-ring (bicyclic) bond motifs is 1. The molecule has 1 atom stereocenters. The van der Waals surface area contributed by atoms with Crippen molar-refractivity contribution in [3.63, 3.8) is 0 Å². The second-order valence-electron chi connectivity index (χ2n) is 6.21. The number of hydrogen-bond acceptors (Lipinski definition) is 4. The van der Waals surface area contributed by atoms with Crippen molar-refractivity contribution in [1.82, 2.24) is 10.3 Å². The molecule has 3 aromatic rings. The Morgan fingerprint density at radius 1 is 1.07 bits per heavy atom. The molecule has 0 fully saturated rings. The SMILES string of the molecule is COC(CNCc1ccc(Cl)c(Cl)c1)CNc1cc(=O)c2ccccc2[nH]1. The van der Waals surface area contributed by atoms with Gasteiger partial charge in [0.15, 0.2) is 5.43 Å². The molecule has 2 aromatic carbocycles. The van der Waals surface area contributed by atoms with E-state index in [4.69, 9.17) is 27.9 Å². The first kappa shape index (κ1) is 19.7. The topological polar surface area (TPSA) is 66.2 Å². The molecule has 3 N–H and O–H groups in total. The second kappa shape index (κ2) is 9.24. The van der Waals surface area contributed by atoms with Gasteiger partial charge >= 0.3 is 0 Å². The van der Waals surface area contributed by atoms with Crippen LogP contribution in [-0.2, 0) is 11.3 Å². The van der Waals surface area contributed by atoms with E-state index >= 15 is 0 Å². The average Bonchev–Trinajstić information content (AvgIpc) is 2.67. The number of aromatic amines is 1. The fourth-order valence-electron chi connectivity index (χ4n) is 2.78. The third kappa shape index (κ3) is 5.23. The first-order valence-electron chi connectivity index (χ1n) is 8.60. The molecule has 1 aromatic heterocycles. The van der Waals surface area contributed by atoms with Gasteiger partial charge in [-0.2, -0.15) is 0 Å². The van der Waals surface area contributed by atoms with Crippen molar-refractivity contribution in [2.24, 2.45) is 0 Å². The van der Waals surface area contributed by atoms with Gasteiger partial charge in [0.1, 0.15) is 5.82 Å². The highest BCUT2D eigenvalue weighted by Crippen LogP contribution is 2.22. The highest BCUT2D eigenvalue weighted by molar-refractivity contribution is 6.42. The van der Waals surface area contributed by atoms with Crippen LogP contribution in [0, 0.1) is 0 Å².